The molecule has 23 heavy (non-hydrogen) atoms. The highest BCUT2D eigenvalue weighted by molar-refractivity contribution is 7.80. The molecular formula is C18H27N3OS. The van der Waals surface area contributed by atoms with Gasteiger partial charge in [-0.2, -0.15) is 0 Å². The van der Waals surface area contributed by atoms with Gasteiger partial charge in [-0.3, -0.25) is 4.79 Å². The Morgan fingerprint density at radius 2 is 1.87 bits per heavy atom. The second kappa shape index (κ2) is 8.29. The molecule has 0 bridgehead atoms. The van der Waals surface area contributed by atoms with Crippen molar-refractivity contribution in [2.45, 2.75) is 52.5 Å². The van der Waals surface area contributed by atoms with Crippen LogP contribution in [0.25, 0.3) is 0 Å². The maximum Gasteiger partial charge on any atom is 0.243 e. The van der Waals surface area contributed by atoms with E-state index in [4.69, 9.17) is 12.2 Å². The van der Waals surface area contributed by atoms with E-state index in [0.717, 1.165) is 23.2 Å². The predicted octanol–water partition coefficient (Wildman–Crippen LogP) is 3.28. The normalized spacial score (nSPS) is 20.7. The van der Waals surface area contributed by atoms with Crippen LogP contribution in [0.5, 0.6) is 0 Å². The zero-order chi connectivity index (χ0) is 16.8. The summed E-state index contributed by atoms with van der Waals surface area (Å²) < 4.78 is 0. The average Bonchev–Trinajstić information content (AvgIpc) is 2.51. The van der Waals surface area contributed by atoms with E-state index in [1.54, 1.807) is 0 Å². The van der Waals surface area contributed by atoms with Crippen LogP contribution in [0, 0.1) is 19.8 Å². The standard InChI is InChI=1S/C18H27N3OS/c1-12-7-4-5-10-15(12)20-18(23)19-11-16(22)21-17-13(2)8-6-9-14(17)3/h6,8-9,12,15H,4-5,7,10-11H2,1-3H3,(H,21,22)(H2,19,20,23)/t12-,15-/m0/s1. The minimum absolute atomic E-state index is 0.0803. The van der Waals surface area contributed by atoms with Gasteiger partial charge in [-0.05, 0) is 56.0 Å². The molecule has 0 aromatic heterocycles. The molecule has 3 N–H and O–H groups in total. The van der Waals surface area contributed by atoms with Gasteiger partial charge in [-0.1, -0.05) is 38.0 Å². The number of rotatable bonds is 4. The molecule has 0 unspecified atom stereocenters. The van der Waals surface area contributed by atoms with Gasteiger partial charge >= 0.3 is 0 Å². The third kappa shape index (κ3) is 5.20. The summed E-state index contributed by atoms with van der Waals surface area (Å²) in [5, 5.41) is 9.90. The number of hydrogen-bond donors (Lipinski definition) is 3. The summed E-state index contributed by atoms with van der Waals surface area (Å²) in [6.07, 6.45) is 4.94. The van der Waals surface area contributed by atoms with Crippen molar-refractivity contribution in [3.05, 3.63) is 29.3 Å². The van der Waals surface area contributed by atoms with Gasteiger partial charge in [0.05, 0.1) is 6.54 Å². The lowest BCUT2D eigenvalue weighted by molar-refractivity contribution is -0.115. The van der Waals surface area contributed by atoms with Gasteiger partial charge in [0.1, 0.15) is 0 Å². The highest BCUT2D eigenvalue weighted by Crippen LogP contribution is 2.23. The summed E-state index contributed by atoms with van der Waals surface area (Å²) in [4.78, 5) is 12.1. The van der Waals surface area contributed by atoms with Crippen molar-refractivity contribution in [1.82, 2.24) is 10.6 Å². The molecule has 4 nitrogen and oxygen atoms in total. The zero-order valence-electron chi connectivity index (χ0n) is 14.2. The first-order chi connectivity index (χ1) is 11.0. The molecule has 126 valence electrons. The van der Waals surface area contributed by atoms with E-state index in [0.29, 0.717) is 17.1 Å². The zero-order valence-corrected chi connectivity index (χ0v) is 15.1. The van der Waals surface area contributed by atoms with Crippen LogP contribution >= 0.6 is 12.2 Å². The lowest BCUT2D eigenvalue weighted by Crippen LogP contribution is -2.47. The van der Waals surface area contributed by atoms with Crippen molar-refractivity contribution >= 4 is 28.9 Å². The number of anilines is 1. The molecular weight excluding hydrogens is 306 g/mol. The van der Waals surface area contributed by atoms with Gasteiger partial charge in [0.15, 0.2) is 5.11 Å². The molecule has 0 heterocycles. The second-order valence-corrected chi connectivity index (χ2v) is 6.92. The van der Waals surface area contributed by atoms with E-state index >= 15 is 0 Å². The van der Waals surface area contributed by atoms with Crippen molar-refractivity contribution < 1.29 is 4.79 Å². The minimum atomic E-state index is -0.0803. The molecule has 1 amide bonds. The summed E-state index contributed by atoms with van der Waals surface area (Å²) in [6.45, 7) is 6.42. The Kier molecular flexibility index (Phi) is 6.39. The highest BCUT2D eigenvalue weighted by atomic mass is 32.1. The molecule has 0 saturated heterocycles. The van der Waals surface area contributed by atoms with Crippen molar-refractivity contribution in [3.8, 4) is 0 Å². The Bertz CT molecular complexity index is 553. The maximum absolute atomic E-state index is 12.1. The average molecular weight is 334 g/mol. The number of benzene rings is 1. The van der Waals surface area contributed by atoms with Crippen LogP contribution in [0.3, 0.4) is 0 Å². The molecule has 0 spiro atoms. The summed E-state index contributed by atoms with van der Waals surface area (Å²) in [7, 11) is 0. The van der Waals surface area contributed by atoms with Crippen LogP contribution in [-0.2, 0) is 4.79 Å². The van der Waals surface area contributed by atoms with Crippen molar-refractivity contribution in [2.75, 3.05) is 11.9 Å². The van der Waals surface area contributed by atoms with Crippen LogP contribution in [0.4, 0.5) is 5.69 Å². The number of para-hydroxylation sites is 1. The van der Waals surface area contributed by atoms with E-state index in [9.17, 15) is 4.79 Å². The summed E-state index contributed by atoms with van der Waals surface area (Å²) in [5.41, 5.74) is 3.02. The Hall–Kier alpha value is -1.62. The Morgan fingerprint density at radius 1 is 1.22 bits per heavy atom. The number of nitrogens with one attached hydrogen (secondary N) is 3. The van der Waals surface area contributed by atoms with Crippen LogP contribution < -0.4 is 16.0 Å². The molecule has 1 saturated carbocycles. The molecule has 1 aromatic rings. The minimum Gasteiger partial charge on any atom is -0.360 e. The maximum atomic E-state index is 12.1. The van der Waals surface area contributed by atoms with Gasteiger partial charge in [-0.15, -0.1) is 0 Å². The molecule has 1 aliphatic carbocycles. The Labute approximate surface area is 144 Å². The Balaban J connectivity index is 1.78. The molecule has 2 rings (SSSR count). The van der Waals surface area contributed by atoms with E-state index in [2.05, 4.69) is 22.9 Å². The summed E-state index contributed by atoms with van der Waals surface area (Å²) in [6, 6.07) is 6.40. The fourth-order valence-corrected chi connectivity index (χ4v) is 3.33. The fourth-order valence-electron chi connectivity index (χ4n) is 3.11. The van der Waals surface area contributed by atoms with Gasteiger partial charge in [0.25, 0.3) is 0 Å². The van der Waals surface area contributed by atoms with Crippen molar-refractivity contribution in [3.63, 3.8) is 0 Å². The molecule has 0 radical (unpaired) electrons. The van der Waals surface area contributed by atoms with Crippen LogP contribution in [0.15, 0.2) is 18.2 Å². The van der Waals surface area contributed by atoms with Crippen molar-refractivity contribution in [2.24, 2.45) is 5.92 Å². The lowest BCUT2D eigenvalue weighted by atomic mass is 9.86. The van der Waals surface area contributed by atoms with E-state index in [1.165, 1.54) is 19.3 Å². The summed E-state index contributed by atoms with van der Waals surface area (Å²) in [5.74, 6) is 0.551. The number of carbonyl (C=O) groups excluding carboxylic acids is 1. The first-order valence-corrected chi connectivity index (χ1v) is 8.78. The van der Waals surface area contributed by atoms with E-state index < -0.39 is 0 Å². The van der Waals surface area contributed by atoms with Gasteiger partial charge < -0.3 is 16.0 Å². The van der Waals surface area contributed by atoms with E-state index in [1.807, 2.05) is 32.0 Å². The largest absolute Gasteiger partial charge is 0.360 e. The third-order valence-corrected chi connectivity index (χ3v) is 4.85. The lowest BCUT2D eigenvalue weighted by Gasteiger charge is -2.30. The molecule has 5 heteroatoms. The first-order valence-electron chi connectivity index (χ1n) is 8.38. The second-order valence-electron chi connectivity index (χ2n) is 6.51. The number of thiocarbonyl (C=S) groups is 1. The van der Waals surface area contributed by atoms with Crippen LogP contribution in [0.1, 0.15) is 43.7 Å². The number of carbonyl (C=O) groups is 1. The molecule has 0 aliphatic heterocycles. The molecule has 1 aliphatic rings. The monoisotopic (exact) mass is 333 g/mol. The smallest absolute Gasteiger partial charge is 0.243 e. The molecule has 1 fully saturated rings. The van der Waals surface area contributed by atoms with Gasteiger partial charge in [-0.25, -0.2) is 0 Å². The number of amides is 1. The van der Waals surface area contributed by atoms with Crippen LogP contribution in [0.2, 0.25) is 0 Å². The predicted molar refractivity (Wildman–Crippen MR) is 99.7 cm³/mol. The first kappa shape index (κ1) is 17.7. The quantitative estimate of drug-likeness (QED) is 0.740. The topological polar surface area (TPSA) is 53.2 Å². The molecule has 2 atom stereocenters. The van der Waals surface area contributed by atoms with Crippen molar-refractivity contribution in [1.29, 1.82) is 0 Å². The van der Waals surface area contributed by atoms with Crippen LogP contribution in [-0.4, -0.2) is 23.6 Å². The number of hydrogen-bond acceptors (Lipinski definition) is 2. The van der Waals surface area contributed by atoms with Gasteiger partial charge in [0, 0.05) is 11.7 Å². The molecule has 1 aromatic carbocycles. The van der Waals surface area contributed by atoms with Gasteiger partial charge in [0.2, 0.25) is 5.91 Å². The number of aryl methyl sites for hydroxylation is 2. The third-order valence-electron chi connectivity index (χ3n) is 4.58. The SMILES string of the molecule is Cc1cccc(C)c1NC(=O)CNC(=S)N[C@H]1CCCC[C@@H]1C. The fraction of sp³-hybridized carbons (Fsp3) is 0.556. The highest BCUT2D eigenvalue weighted by Gasteiger charge is 2.21. The van der Waals surface area contributed by atoms with E-state index in [-0.39, 0.29) is 12.5 Å². The Morgan fingerprint density at radius 3 is 2.52 bits per heavy atom. The summed E-state index contributed by atoms with van der Waals surface area (Å²) >= 11 is 5.32.